The Bertz CT molecular complexity index is 780. The van der Waals surface area contributed by atoms with Crippen LogP contribution in [0.15, 0.2) is 29.2 Å². The topological polar surface area (TPSA) is 69.7 Å². The van der Waals surface area contributed by atoms with E-state index in [0.29, 0.717) is 43.5 Å². The molecule has 1 unspecified atom stereocenters. The highest BCUT2D eigenvalue weighted by atomic mass is 32.2. The molecule has 0 spiro atoms. The van der Waals surface area contributed by atoms with Crippen LogP contribution < -0.4 is 5.32 Å². The summed E-state index contributed by atoms with van der Waals surface area (Å²) < 4.78 is 27.7. The number of carbonyl (C=O) groups is 1. The molecule has 1 saturated heterocycles. The van der Waals surface area contributed by atoms with Gasteiger partial charge in [0.1, 0.15) is 0 Å². The molecule has 1 aromatic carbocycles. The standard InChI is InChI=1S/C23H37N3O3S/c1-3-7-19(2)24-23(27)18-25-14-16-26(17-15-25)30(28,29)22-12-10-21(11-13-22)20-8-5-4-6-9-20/h10-13,19-20H,3-9,14-18H2,1-2H3,(H,24,27). The molecule has 1 heterocycles. The molecule has 2 aliphatic rings. The third kappa shape index (κ3) is 6.05. The van der Waals surface area contributed by atoms with Gasteiger partial charge in [0.05, 0.1) is 11.4 Å². The van der Waals surface area contributed by atoms with Gasteiger partial charge in [-0.15, -0.1) is 0 Å². The monoisotopic (exact) mass is 435 g/mol. The molecule has 1 atom stereocenters. The van der Waals surface area contributed by atoms with Crippen LogP contribution in [0.5, 0.6) is 0 Å². The highest BCUT2D eigenvalue weighted by molar-refractivity contribution is 7.89. The molecule has 7 heteroatoms. The summed E-state index contributed by atoms with van der Waals surface area (Å²) in [6.45, 7) is 6.45. The van der Waals surface area contributed by atoms with Gasteiger partial charge in [-0.05, 0) is 49.8 Å². The Morgan fingerprint density at radius 1 is 1.07 bits per heavy atom. The molecule has 6 nitrogen and oxygen atoms in total. The Labute approximate surface area is 182 Å². The predicted octanol–water partition coefficient (Wildman–Crippen LogP) is 3.35. The normalized spacial score (nSPS) is 20.7. The second-order valence-corrected chi connectivity index (χ2v) is 10.8. The number of hydrogen-bond donors (Lipinski definition) is 1. The molecule has 0 radical (unpaired) electrons. The number of hydrogen-bond acceptors (Lipinski definition) is 4. The zero-order valence-corrected chi connectivity index (χ0v) is 19.3. The number of carbonyl (C=O) groups excluding carboxylic acids is 1. The molecule has 1 amide bonds. The van der Waals surface area contributed by atoms with Gasteiger partial charge in [0.25, 0.3) is 0 Å². The molecule has 1 aliphatic heterocycles. The molecule has 1 aromatic rings. The van der Waals surface area contributed by atoms with E-state index in [2.05, 4.69) is 12.2 Å². The molecule has 168 valence electrons. The first-order valence-corrected chi connectivity index (χ1v) is 13.0. The molecule has 3 rings (SSSR count). The van der Waals surface area contributed by atoms with Crippen LogP contribution in [0.1, 0.15) is 70.3 Å². The molecule has 2 fully saturated rings. The van der Waals surface area contributed by atoms with E-state index in [9.17, 15) is 13.2 Å². The van der Waals surface area contributed by atoms with E-state index in [1.54, 1.807) is 16.4 Å². The summed E-state index contributed by atoms with van der Waals surface area (Å²) >= 11 is 0. The fourth-order valence-electron chi connectivity index (χ4n) is 4.65. The average molecular weight is 436 g/mol. The minimum atomic E-state index is -3.48. The third-order valence-electron chi connectivity index (χ3n) is 6.42. The van der Waals surface area contributed by atoms with Crippen molar-refractivity contribution in [3.8, 4) is 0 Å². The Morgan fingerprint density at radius 3 is 2.30 bits per heavy atom. The quantitative estimate of drug-likeness (QED) is 0.680. The van der Waals surface area contributed by atoms with E-state index in [1.165, 1.54) is 37.7 Å². The molecule has 1 N–H and O–H groups in total. The number of benzene rings is 1. The van der Waals surface area contributed by atoms with Crippen molar-refractivity contribution in [2.45, 2.75) is 75.6 Å². The lowest BCUT2D eigenvalue weighted by atomic mass is 9.84. The molecular formula is C23H37N3O3S. The van der Waals surface area contributed by atoms with Crippen LogP contribution in [-0.2, 0) is 14.8 Å². The van der Waals surface area contributed by atoms with Gasteiger partial charge in [-0.1, -0.05) is 44.7 Å². The number of nitrogens with one attached hydrogen (secondary N) is 1. The zero-order valence-electron chi connectivity index (χ0n) is 18.5. The Morgan fingerprint density at radius 2 is 1.70 bits per heavy atom. The number of nitrogens with zero attached hydrogens (tertiary/aromatic N) is 2. The molecule has 30 heavy (non-hydrogen) atoms. The van der Waals surface area contributed by atoms with Crippen LogP contribution in [0, 0.1) is 0 Å². The maximum atomic E-state index is 13.0. The average Bonchev–Trinajstić information content (AvgIpc) is 2.75. The van der Waals surface area contributed by atoms with Crippen LogP contribution >= 0.6 is 0 Å². The van der Waals surface area contributed by atoms with Crippen LogP contribution in [-0.4, -0.2) is 62.3 Å². The van der Waals surface area contributed by atoms with Crippen molar-refractivity contribution < 1.29 is 13.2 Å². The van der Waals surface area contributed by atoms with Crippen LogP contribution in [0.4, 0.5) is 0 Å². The van der Waals surface area contributed by atoms with Gasteiger partial charge in [0.2, 0.25) is 15.9 Å². The van der Waals surface area contributed by atoms with Crippen molar-refractivity contribution in [3.63, 3.8) is 0 Å². The van der Waals surface area contributed by atoms with Gasteiger partial charge in [0, 0.05) is 32.2 Å². The van der Waals surface area contributed by atoms with Crippen LogP contribution in [0.3, 0.4) is 0 Å². The van der Waals surface area contributed by atoms with E-state index >= 15 is 0 Å². The SMILES string of the molecule is CCCC(C)NC(=O)CN1CCN(S(=O)(=O)c2ccc(C3CCCCC3)cc2)CC1. The molecule has 0 aromatic heterocycles. The van der Waals surface area contributed by atoms with Gasteiger partial charge < -0.3 is 5.32 Å². The van der Waals surface area contributed by atoms with Gasteiger partial charge in [-0.3, -0.25) is 9.69 Å². The lowest BCUT2D eigenvalue weighted by Gasteiger charge is -2.33. The van der Waals surface area contributed by atoms with Crippen molar-refractivity contribution in [2.24, 2.45) is 0 Å². The van der Waals surface area contributed by atoms with Gasteiger partial charge in [0.15, 0.2) is 0 Å². The molecule has 1 aliphatic carbocycles. The summed E-state index contributed by atoms with van der Waals surface area (Å²) in [6.07, 6.45) is 8.28. The highest BCUT2D eigenvalue weighted by Gasteiger charge is 2.29. The van der Waals surface area contributed by atoms with E-state index < -0.39 is 10.0 Å². The molecule has 0 bridgehead atoms. The van der Waals surface area contributed by atoms with E-state index in [4.69, 9.17) is 0 Å². The predicted molar refractivity (Wildman–Crippen MR) is 120 cm³/mol. The summed E-state index contributed by atoms with van der Waals surface area (Å²) in [6, 6.07) is 7.73. The summed E-state index contributed by atoms with van der Waals surface area (Å²) in [5.41, 5.74) is 1.27. The summed E-state index contributed by atoms with van der Waals surface area (Å²) in [5, 5.41) is 3.02. The fraction of sp³-hybridized carbons (Fsp3) is 0.696. The van der Waals surface area contributed by atoms with Crippen LogP contribution in [0.25, 0.3) is 0 Å². The van der Waals surface area contributed by atoms with Crippen molar-refractivity contribution in [1.29, 1.82) is 0 Å². The van der Waals surface area contributed by atoms with Crippen molar-refractivity contribution in [2.75, 3.05) is 32.7 Å². The summed E-state index contributed by atoms with van der Waals surface area (Å²) in [7, 11) is -3.48. The highest BCUT2D eigenvalue weighted by Crippen LogP contribution is 2.33. The van der Waals surface area contributed by atoms with Crippen molar-refractivity contribution in [1.82, 2.24) is 14.5 Å². The third-order valence-corrected chi connectivity index (χ3v) is 8.33. The van der Waals surface area contributed by atoms with Gasteiger partial charge in [-0.25, -0.2) is 8.42 Å². The number of rotatable bonds is 8. The lowest BCUT2D eigenvalue weighted by Crippen LogP contribution is -2.51. The Balaban J connectivity index is 1.52. The first kappa shape index (κ1) is 23.2. The Kier molecular flexibility index (Phi) is 8.31. The smallest absolute Gasteiger partial charge is 0.243 e. The maximum Gasteiger partial charge on any atom is 0.243 e. The lowest BCUT2D eigenvalue weighted by molar-refractivity contribution is -0.123. The van der Waals surface area contributed by atoms with Crippen LogP contribution in [0.2, 0.25) is 0 Å². The Hall–Kier alpha value is -1.44. The summed E-state index contributed by atoms with van der Waals surface area (Å²) in [4.78, 5) is 14.6. The zero-order chi connectivity index (χ0) is 21.6. The van der Waals surface area contributed by atoms with E-state index in [1.807, 2.05) is 24.0 Å². The summed E-state index contributed by atoms with van der Waals surface area (Å²) in [5.74, 6) is 0.593. The minimum absolute atomic E-state index is 0.0190. The van der Waals surface area contributed by atoms with Gasteiger partial charge >= 0.3 is 0 Å². The fourth-order valence-corrected chi connectivity index (χ4v) is 6.08. The second-order valence-electron chi connectivity index (χ2n) is 8.84. The first-order chi connectivity index (χ1) is 14.4. The van der Waals surface area contributed by atoms with Crippen molar-refractivity contribution in [3.05, 3.63) is 29.8 Å². The molecule has 1 saturated carbocycles. The number of sulfonamides is 1. The molecular weight excluding hydrogens is 398 g/mol. The van der Waals surface area contributed by atoms with E-state index in [-0.39, 0.29) is 11.9 Å². The second kappa shape index (κ2) is 10.7. The maximum absolute atomic E-state index is 13.0. The minimum Gasteiger partial charge on any atom is -0.353 e. The largest absolute Gasteiger partial charge is 0.353 e. The number of amides is 1. The first-order valence-electron chi connectivity index (χ1n) is 11.5. The van der Waals surface area contributed by atoms with E-state index in [0.717, 1.165) is 12.8 Å². The van der Waals surface area contributed by atoms with Gasteiger partial charge in [-0.2, -0.15) is 4.31 Å². The number of piperazine rings is 1. The van der Waals surface area contributed by atoms with Crippen molar-refractivity contribution >= 4 is 15.9 Å².